The number of benzene rings is 2. The maximum Gasteiger partial charge on any atom is 0.257 e. The zero-order chi connectivity index (χ0) is 15.0. The molecule has 3 rings (SSSR count). The second-order valence-electron chi connectivity index (χ2n) is 4.55. The minimum absolute atomic E-state index is 0.281. The van der Waals surface area contributed by atoms with E-state index in [1.165, 1.54) is 11.3 Å². The molecule has 0 atom stereocenters. The zero-order valence-electron chi connectivity index (χ0n) is 11.0. The van der Waals surface area contributed by atoms with Gasteiger partial charge < -0.3 is 0 Å². The SMILES string of the molecule is Cc1cccc2sc(NC(=O)c3cc(Cl)cc(Cl)c3)nc12. The fourth-order valence-corrected chi connectivity index (χ4v) is 3.46. The van der Waals surface area contributed by atoms with Crippen LogP contribution in [0.15, 0.2) is 36.4 Å². The van der Waals surface area contributed by atoms with Crippen LogP contribution in [-0.4, -0.2) is 10.9 Å². The number of anilines is 1. The number of aromatic nitrogens is 1. The van der Waals surface area contributed by atoms with Gasteiger partial charge >= 0.3 is 0 Å². The zero-order valence-corrected chi connectivity index (χ0v) is 13.3. The Hall–Kier alpha value is -1.62. The van der Waals surface area contributed by atoms with Crippen LogP contribution in [0.4, 0.5) is 5.13 Å². The number of hydrogen-bond donors (Lipinski definition) is 1. The lowest BCUT2D eigenvalue weighted by atomic mass is 10.2. The largest absolute Gasteiger partial charge is 0.298 e. The van der Waals surface area contributed by atoms with Crippen LogP contribution in [0.25, 0.3) is 10.2 Å². The van der Waals surface area contributed by atoms with Crippen molar-refractivity contribution in [2.75, 3.05) is 5.32 Å². The van der Waals surface area contributed by atoms with Gasteiger partial charge in [-0.3, -0.25) is 10.1 Å². The van der Waals surface area contributed by atoms with Crippen LogP contribution in [0.1, 0.15) is 15.9 Å². The van der Waals surface area contributed by atoms with Crippen molar-refractivity contribution in [1.82, 2.24) is 4.98 Å². The van der Waals surface area contributed by atoms with E-state index in [0.717, 1.165) is 15.8 Å². The van der Waals surface area contributed by atoms with Crippen molar-refractivity contribution in [3.8, 4) is 0 Å². The Balaban J connectivity index is 1.91. The fourth-order valence-electron chi connectivity index (χ4n) is 1.99. The number of carbonyl (C=O) groups excluding carboxylic acids is 1. The average Bonchev–Trinajstić information content (AvgIpc) is 2.81. The van der Waals surface area contributed by atoms with Crippen molar-refractivity contribution >= 4 is 55.8 Å². The first-order valence-electron chi connectivity index (χ1n) is 6.16. The van der Waals surface area contributed by atoms with Crippen molar-refractivity contribution in [3.63, 3.8) is 0 Å². The van der Waals surface area contributed by atoms with Gasteiger partial charge in [0.25, 0.3) is 5.91 Å². The molecule has 1 N–H and O–H groups in total. The third-order valence-corrected chi connectivity index (χ3v) is 4.34. The third-order valence-electron chi connectivity index (χ3n) is 2.97. The van der Waals surface area contributed by atoms with Crippen LogP contribution < -0.4 is 5.32 Å². The van der Waals surface area contributed by atoms with Crippen molar-refractivity contribution in [2.45, 2.75) is 6.92 Å². The lowest BCUT2D eigenvalue weighted by molar-refractivity contribution is 0.102. The molecule has 0 bridgehead atoms. The summed E-state index contributed by atoms with van der Waals surface area (Å²) >= 11 is 13.2. The number of para-hydroxylation sites is 1. The molecule has 0 unspecified atom stereocenters. The Morgan fingerprint density at radius 3 is 2.57 bits per heavy atom. The molecular weight excluding hydrogens is 327 g/mol. The first-order valence-corrected chi connectivity index (χ1v) is 7.74. The highest BCUT2D eigenvalue weighted by atomic mass is 35.5. The van der Waals surface area contributed by atoms with E-state index in [2.05, 4.69) is 10.3 Å². The second kappa shape index (κ2) is 5.64. The number of aryl methyl sites for hydroxylation is 1. The summed E-state index contributed by atoms with van der Waals surface area (Å²) in [5.41, 5.74) is 2.39. The van der Waals surface area contributed by atoms with Crippen molar-refractivity contribution in [2.24, 2.45) is 0 Å². The molecule has 1 amide bonds. The molecule has 0 fully saturated rings. The van der Waals surface area contributed by atoms with Gasteiger partial charge in [0.2, 0.25) is 0 Å². The third kappa shape index (κ3) is 3.02. The summed E-state index contributed by atoms with van der Waals surface area (Å²) in [6.07, 6.45) is 0. The van der Waals surface area contributed by atoms with Crippen molar-refractivity contribution in [3.05, 3.63) is 57.6 Å². The summed E-state index contributed by atoms with van der Waals surface area (Å²) in [6.45, 7) is 1.99. The maximum atomic E-state index is 12.2. The average molecular weight is 337 g/mol. The van der Waals surface area contributed by atoms with E-state index in [-0.39, 0.29) is 5.91 Å². The number of amides is 1. The molecule has 0 saturated heterocycles. The predicted octanol–water partition coefficient (Wildman–Crippen LogP) is 5.16. The minimum Gasteiger partial charge on any atom is -0.298 e. The topological polar surface area (TPSA) is 42.0 Å². The van der Waals surface area contributed by atoms with Crippen LogP contribution in [0, 0.1) is 6.92 Å². The quantitative estimate of drug-likeness (QED) is 0.701. The molecule has 0 aliphatic rings. The smallest absolute Gasteiger partial charge is 0.257 e. The molecule has 0 spiro atoms. The number of rotatable bonds is 2. The van der Waals surface area contributed by atoms with Crippen LogP contribution in [0.3, 0.4) is 0 Å². The van der Waals surface area contributed by atoms with E-state index in [9.17, 15) is 4.79 Å². The van der Waals surface area contributed by atoms with Gasteiger partial charge in [0.1, 0.15) is 0 Å². The standard InChI is InChI=1S/C15H10Cl2N2OS/c1-8-3-2-4-12-13(8)18-15(21-12)19-14(20)9-5-10(16)7-11(17)6-9/h2-7H,1H3,(H,18,19,20). The van der Waals surface area contributed by atoms with E-state index < -0.39 is 0 Å². The normalized spacial score (nSPS) is 10.8. The molecule has 3 aromatic rings. The molecule has 6 heteroatoms. The summed E-state index contributed by atoms with van der Waals surface area (Å²) in [5.74, 6) is -0.281. The molecule has 21 heavy (non-hydrogen) atoms. The Morgan fingerprint density at radius 1 is 1.19 bits per heavy atom. The van der Waals surface area contributed by atoms with Gasteiger partial charge in [-0.25, -0.2) is 4.98 Å². The first kappa shape index (κ1) is 14.3. The number of carbonyl (C=O) groups is 1. The van der Waals surface area contributed by atoms with Gasteiger partial charge in [-0.15, -0.1) is 0 Å². The maximum absolute atomic E-state index is 12.2. The Kier molecular flexibility index (Phi) is 3.85. The minimum atomic E-state index is -0.281. The Labute approximate surface area is 135 Å². The van der Waals surface area contributed by atoms with E-state index in [0.29, 0.717) is 20.7 Å². The molecular formula is C15H10Cl2N2OS. The molecule has 0 radical (unpaired) electrons. The van der Waals surface area contributed by atoms with E-state index in [4.69, 9.17) is 23.2 Å². The number of fused-ring (bicyclic) bond motifs is 1. The summed E-state index contributed by atoms with van der Waals surface area (Å²) in [4.78, 5) is 16.7. The van der Waals surface area contributed by atoms with Gasteiger partial charge in [-0.05, 0) is 36.8 Å². The molecule has 0 aliphatic heterocycles. The Morgan fingerprint density at radius 2 is 1.90 bits per heavy atom. The van der Waals surface area contributed by atoms with E-state index in [1.54, 1.807) is 18.2 Å². The van der Waals surface area contributed by atoms with Gasteiger partial charge in [0.05, 0.1) is 10.2 Å². The number of thiazole rings is 1. The molecule has 1 aromatic heterocycles. The number of halogens is 2. The Bertz CT molecular complexity index is 825. The van der Waals surface area contributed by atoms with Crippen LogP contribution in [0.2, 0.25) is 10.0 Å². The predicted molar refractivity (Wildman–Crippen MR) is 88.8 cm³/mol. The molecule has 0 aliphatic carbocycles. The van der Waals surface area contributed by atoms with Crippen LogP contribution in [0.5, 0.6) is 0 Å². The highest BCUT2D eigenvalue weighted by molar-refractivity contribution is 7.22. The van der Waals surface area contributed by atoms with Crippen molar-refractivity contribution < 1.29 is 4.79 Å². The highest BCUT2D eigenvalue weighted by Gasteiger charge is 2.12. The molecule has 3 nitrogen and oxygen atoms in total. The second-order valence-corrected chi connectivity index (χ2v) is 6.46. The van der Waals surface area contributed by atoms with E-state index in [1.807, 2.05) is 25.1 Å². The molecule has 106 valence electrons. The lowest BCUT2D eigenvalue weighted by Crippen LogP contribution is -2.11. The monoisotopic (exact) mass is 336 g/mol. The number of hydrogen-bond acceptors (Lipinski definition) is 3. The highest BCUT2D eigenvalue weighted by Crippen LogP contribution is 2.28. The van der Waals surface area contributed by atoms with Crippen LogP contribution in [-0.2, 0) is 0 Å². The summed E-state index contributed by atoms with van der Waals surface area (Å²) in [5, 5.41) is 4.18. The molecule has 0 saturated carbocycles. The number of nitrogens with zero attached hydrogens (tertiary/aromatic N) is 1. The van der Waals surface area contributed by atoms with Gasteiger partial charge in [0, 0.05) is 15.6 Å². The fraction of sp³-hybridized carbons (Fsp3) is 0.0667. The molecule has 2 aromatic carbocycles. The lowest BCUT2D eigenvalue weighted by Gasteiger charge is -2.03. The summed E-state index contributed by atoms with van der Waals surface area (Å²) in [6, 6.07) is 10.7. The van der Waals surface area contributed by atoms with Gasteiger partial charge in [-0.1, -0.05) is 46.7 Å². The van der Waals surface area contributed by atoms with Crippen LogP contribution >= 0.6 is 34.5 Å². The first-order chi connectivity index (χ1) is 10.0. The summed E-state index contributed by atoms with van der Waals surface area (Å²) in [7, 11) is 0. The van der Waals surface area contributed by atoms with E-state index >= 15 is 0 Å². The molecule has 1 heterocycles. The van der Waals surface area contributed by atoms with Gasteiger partial charge in [-0.2, -0.15) is 0 Å². The van der Waals surface area contributed by atoms with Gasteiger partial charge in [0.15, 0.2) is 5.13 Å². The van der Waals surface area contributed by atoms with Crippen molar-refractivity contribution in [1.29, 1.82) is 0 Å². The summed E-state index contributed by atoms with van der Waals surface area (Å²) < 4.78 is 1.04. The number of nitrogens with one attached hydrogen (secondary N) is 1.